The second-order valence-corrected chi connectivity index (χ2v) is 0. The molecule has 0 bridgehead atoms. The Balaban J connectivity index is 0. The molecule has 0 spiro atoms. The molecule has 6 N–H and O–H groups in total. The van der Waals surface area contributed by atoms with Crippen LogP contribution in [0.25, 0.3) is 0 Å². The van der Waals surface area contributed by atoms with Crippen LogP contribution in [-0.4, -0.2) is 73.0 Å². The van der Waals surface area contributed by atoms with Gasteiger partial charge in [0, 0.05) is 50.6 Å². The van der Waals surface area contributed by atoms with Gasteiger partial charge in [-0.15, -0.1) is 0 Å². The van der Waals surface area contributed by atoms with Gasteiger partial charge in [-0.3, -0.25) is 0 Å². The van der Waals surface area contributed by atoms with Crippen molar-refractivity contribution in [2.75, 3.05) is 0 Å². The molecule has 0 aliphatic rings. The summed E-state index contributed by atoms with van der Waals surface area (Å²) in [6.45, 7) is 0. The fourth-order valence-electron chi connectivity index (χ4n) is 0. The first-order chi connectivity index (χ1) is 0. The van der Waals surface area contributed by atoms with Crippen LogP contribution in [0.1, 0.15) is 0 Å². The Hall–Kier alpha value is 3.20. The summed E-state index contributed by atoms with van der Waals surface area (Å²) in [5, 5.41) is 0. The van der Waals surface area contributed by atoms with E-state index >= 15 is 0 Å². The molecular weight excluding hydrogens is 237 g/mol. The van der Waals surface area contributed by atoms with E-state index in [9.17, 15) is 0 Å². The van der Waals surface area contributed by atoms with Crippen molar-refractivity contribution in [2.24, 2.45) is 0 Å². The Morgan fingerprint density at radius 3 is 0.444 bits per heavy atom. The van der Waals surface area contributed by atoms with Gasteiger partial charge in [0.15, 0.2) is 0 Å². The Morgan fingerprint density at radius 1 is 0.444 bits per heavy atom. The third-order valence-electron chi connectivity index (χ3n) is 0. The van der Waals surface area contributed by atoms with E-state index in [-0.39, 0.29) is 124 Å². The van der Waals surface area contributed by atoms with Crippen LogP contribution in [0.2, 0.25) is 0 Å². The van der Waals surface area contributed by atoms with Crippen LogP contribution in [0.5, 0.6) is 0 Å². The van der Waals surface area contributed by atoms with Crippen LogP contribution in [0.4, 0.5) is 0 Å². The molecule has 0 saturated heterocycles. The molecule has 0 atom stereocenters. The quantitative estimate of drug-likeness (QED) is 0.386. The minimum absolute atomic E-state index is 0. The van der Waals surface area contributed by atoms with Gasteiger partial charge in [0.05, 0.1) is 0 Å². The maximum absolute atomic E-state index is 0. The number of hydrogen-bond donors (Lipinski definition) is 0. The van der Waals surface area contributed by atoms with Gasteiger partial charge in [0.1, 0.15) is 0 Å². The fraction of sp³-hybridized carbons (Fsp3) is 0. The monoisotopic (exact) mass is 246 g/mol. The number of hydrogen-bond acceptors (Lipinski definition) is 0. The van der Waals surface area contributed by atoms with Crippen molar-refractivity contribution in [1.29, 1.82) is 0 Å². The molecule has 2 radical (unpaired) electrons. The molecular formula is H9Li3Mn2NiO3. The zero-order valence-corrected chi connectivity index (χ0v) is 5.92. The Morgan fingerprint density at radius 2 is 0.444 bits per heavy atom. The summed E-state index contributed by atoms with van der Waals surface area (Å²) >= 11 is 0. The van der Waals surface area contributed by atoms with Gasteiger partial charge in [-0.05, 0) is 0 Å². The summed E-state index contributed by atoms with van der Waals surface area (Å²) in [6, 6.07) is 0. The Kier molecular flexibility index (Phi) is 1880. The maximum atomic E-state index is 0. The first-order valence-corrected chi connectivity index (χ1v) is 0. The molecule has 0 aromatic heterocycles. The van der Waals surface area contributed by atoms with E-state index in [4.69, 9.17) is 0 Å². The summed E-state index contributed by atoms with van der Waals surface area (Å²) in [5.41, 5.74) is 0. The van der Waals surface area contributed by atoms with Gasteiger partial charge < -0.3 is 16.4 Å². The van der Waals surface area contributed by atoms with E-state index in [1.165, 1.54) is 0 Å². The predicted octanol–water partition coefficient (Wildman–Crippen LogP) is -4.43. The molecule has 0 unspecified atom stereocenters. The topological polar surface area (TPSA) is 94.5 Å². The predicted molar refractivity (Wildman–Crippen MR) is 32.3 cm³/mol. The van der Waals surface area contributed by atoms with E-state index in [0.717, 1.165) is 0 Å². The minimum Gasteiger partial charge on any atom is 0 e. The number of rotatable bonds is 0. The van der Waals surface area contributed by atoms with Gasteiger partial charge in [-0.1, -0.05) is 0 Å². The van der Waals surface area contributed by atoms with E-state index < -0.39 is 0 Å². The van der Waals surface area contributed by atoms with Crippen molar-refractivity contribution in [1.82, 2.24) is 0 Å². The molecule has 0 rings (SSSR count). The smallest absolute Gasteiger partial charge is 0 e. The van der Waals surface area contributed by atoms with Gasteiger partial charge >= 0.3 is 56.6 Å². The Bertz CT molecular complexity index is 17.0. The van der Waals surface area contributed by atoms with E-state index in [0.29, 0.717) is 0 Å². The average Bonchev–Trinajstić information content (AvgIpc) is 0. The largest absolute Gasteiger partial charge is 0 e. The third-order valence-corrected chi connectivity index (χ3v) is 0. The molecule has 0 aliphatic carbocycles. The van der Waals surface area contributed by atoms with E-state index in [1.54, 1.807) is 0 Å². The molecule has 9 heavy (non-hydrogen) atoms. The molecule has 0 fully saturated rings. The summed E-state index contributed by atoms with van der Waals surface area (Å²) < 4.78 is 0. The van der Waals surface area contributed by atoms with Crippen LogP contribution in [0, 0.1) is 0 Å². The first kappa shape index (κ1) is 149. The summed E-state index contributed by atoms with van der Waals surface area (Å²) in [6.07, 6.45) is 0. The maximum Gasteiger partial charge on any atom is 0 e. The fourth-order valence-corrected chi connectivity index (χ4v) is 0. The summed E-state index contributed by atoms with van der Waals surface area (Å²) in [5.74, 6) is 0. The molecule has 0 aliphatic heterocycles. The van der Waals surface area contributed by atoms with Gasteiger partial charge in [0.25, 0.3) is 0 Å². The molecule has 0 aromatic rings. The van der Waals surface area contributed by atoms with Crippen molar-refractivity contribution in [3.63, 3.8) is 0 Å². The van der Waals surface area contributed by atoms with Crippen molar-refractivity contribution < 1.29 is 67.1 Å². The second-order valence-electron chi connectivity index (χ2n) is 0. The minimum atomic E-state index is 0. The normalized spacial score (nSPS) is 0. The average molecular weight is 246 g/mol. The van der Waals surface area contributed by atoms with Crippen molar-refractivity contribution in [2.45, 2.75) is 0 Å². The summed E-state index contributed by atoms with van der Waals surface area (Å²) in [7, 11) is 0. The van der Waals surface area contributed by atoms with Gasteiger partial charge in [-0.2, -0.15) is 0 Å². The van der Waals surface area contributed by atoms with Gasteiger partial charge in [-0.25, -0.2) is 0 Å². The molecule has 54 valence electrons. The van der Waals surface area contributed by atoms with Crippen LogP contribution in [0.15, 0.2) is 0 Å². The van der Waals surface area contributed by atoms with Crippen molar-refractivity contribution in [3.05, 3.63) is 0 Å². The van der Waals surface area contributed by atoms with Crippen LogP contribution >= 0.6 is 0 Å². The zero-order valence-electron chi connectivity index (χ0n) is 2.57. The van der Waals surface area contributed by atoms with Crippen molar-refractivity contribution >= 4 is 56.6 Å². The molecule has 0 heterocycles. The molecule has 0 aromatic carbocycles. The third kappa shape index (κ3) is 92.4. The summed E-state index contributed by atoms with van der Waals surface area (Å²) in [4.78, 5) is 0. The zero-order chi connectivity index (χ0) is 0. The molecule has 3 nitrogen and oxygen atoms in total. The van der Waals surface area contributed by atoms with Crippen LogP contribution in [0.3, 0.4) is 0 Å². The van der Waals surface area contributed by atoms with Gasteiger partial charge in [0.2, 0.25) is 0 Å². The molecule has 0 amide bonds. The molecule has 0 saturated carbocycles. The first-order valence-electron chi connectivity index (χ1n) is 0. The van der Waals surface area contributed by atoms with E-state index in [2.05, 4.69) is 0 Å². The van der Waals surface area contributed by atoms with Crippen LogP contribution < -0.4 is 0 Å². The van der Waals surface area contributed by atoms with Crippen molar-refractivity contribution in [3.8, 4) is 0 Å². The van der Waals surface area contributed by atoms with E-state index in [1.807, 2.05) is 0 Å². The molecule has 9 heteroatoms. The van der Waals surface area contributed by atoms with Crippen LogP contribution in [-0.2, 0) is 50.6 Å². The Labute approximate surface area is 122 Å². The standard InChI is InChI=1S/3Li.2Mn.Ni.3H2O.3H/h;;;;;;3*1H2;;;. The SMILES string of the molecule is O.O.O.[LiH].[LiH].[LiH].[Mn].[Mn].[Ni]. The second kappa shape index (κ2) is 114.